The molecule has 0 aliphatic carbocycles. The standard InChI is InChI=1S/C66H44N2/c1-7-20-45(21-8-1)51-34-36-63-59(38-51)61-42-53(47-24-11-3-12-25-47)40-57(49-28-15-5-16-29-49)65(61)67(63)55-32-19-33-56(44-55)68-64-37-35-52(46-22-9-2-10-23-46)39-60(64)62-43-54(48-26-13-4-14-27-48)41-58(66(62)68)50-30-17-6-18-31-50/h1-44H. The highest BCUT2D eigenvalue weighted by atomic mass is 15.0. The lowest BCUT2D eigenvalue weighted by molar-refractivity contribution is 1.13. The summed E-state index contributed by atoms with van der Waals surface area (Å²) in [4.78, 5) is 0. The summed E-state index contributed by atoms with van der Waals surface area (Å²) in [5.74, 6) is 0. The SMILES string of the molecule is c1ccc(-c2ccc3c(c2)c2cc(-c4ccccc4)cc(-c4ccccc4)c2n3-c2cccc(-n3c4ccc(-c5ccccc5)cc4c4cc(-c5ccccc5)cc(-c5ccccc5)c43)c2)cc1. The van der Waals surface area contributed by atoms with Crippen molar-refractivity contribution in [1.82, 2.24) is 9.13 Å². The van der Waals surface area contributed by atoms with Gasteiger partial charge in [-0.1, -0.05) is 200 Å². The Morgan fingerprint density at radius 1 is 0.191 bits per heavy atom. The average molecular weight is 865 g/mol. The first-order valence-electron chi connectivity index (χ1n) is 23.4. The third-order valence-corrected chi connectivity index (χ3v) is 13.7. The Morgan fingerprint density at radius 3 is 0.853 bits per heavy atom. The van der Waals surface area contributed by atoms with E-state index in [1.807, 2.05) is 0 Å². The quantitative estimate of drug-likeness (QED) is 0.144. The molecule has 2 heteroatoms. The maximum atomic E-state index is 2.51. The van der Waals surface area contributed by atoms with Crippen LogP contribution in [0.15, 0.2) is 267 Å². The van der Waals surface area contributed by atoms with Gasteiger partial charge in [-0.3, -0.25) is 0 Å². The molecule has 2 nitrogen and oxygen atoms in total. The molecule has 0 fully saturated rings. The molecule has 0 saturated carbocycles. The molecule has 2 aromatic heterocycles. The van der Waals surface area contributed by atoms with Crippen LogP contribution in [0.2, 0.25) is 0 Å². The second-order valence-corrected chi connectivity index (χ2v) is 17.7. The molecular weight excluding hydrogens is 821 g/mol. The van der Waals surface area contributed by atoms with E-state index < -0.39 is 0 Å². The summed E-state index contributed by atoms with van der Waals surface area (Å²) in [5.41, 5.74) is 21.2. The van der Waals surface area contributed by atoms with Crippen LogP contribution in [0.1, 0.15) is 0 Å². The molecule has 0 bridgehead atoms. The first-order valence-corrected chi connectivity index (χ1v) is 23.4. The molecule has 0 N–H and O–H groups in total. The maximum absolute atomic E-state index is 2.51. The van der Waals surface area contributed by atoms with Crippen LogP contribution in [-0.2, 0) is 0 Å². The van der Waals surface area contributed by atoms with Crippen LogP contribution < -0.4 is 0 Å². The van der Waals surface area contributed by atoms with Crippen LogP contribution in [0.25, 0.3) is 122 Å². The Hall–Kier alpha value is -8.98. The Labute approximate surface area is 395 Å². The summed E-state index contributed by atoms with van der Waals surface area (Å²) in [7, 11) is 0. The number of fused-ring (bicyclic) bond motifs is 6. The lowest BCUT2D eigenvalue weighted by atomic mass is 9.95. The average Bonchev–Trinajstić information content (AvgIpc) is 3.94. The van der Waals surface area contributed by atoms with Crippen molar-refractivity contribution in [2.45, 2.75) is 0 Å². The van der Waals surface area contributed by atoms with E-state index in [1.54, 1.807) is 0 Å². The zero-order chi connectivity index (χ0) is 45.0. The van der Waals surface area contributed by atoms with Crippen molar-refractivity contribution in [1.29, 1.82) is 0 Å². The fraction of sp³-hybridized carbons (Fsp3) is 0. The molecule has 0 saturated heterocycles. The zero-order valence-corrected chi connectivity index (χ0v) is 37.3. The number of nitrogens with zero attached hydrogens (tertiary/aromatic N) is 2. The van der Waals surface area contributed by atoms with Crippen molar-refractivity contribution in [2.75, 3.05) is 0 Å². The Balaban J connectivity index is 1.12. The minimum Gasteiger partial charge on any atom is -0.309 e. The van der Waals surface area contributed by atoms with Crippen LogP contribution in [0.3, 0.4) is 0 Å². The third-order valence-electron chi connectivity index (χ3n) is 13.7. The van der Waals surface area contributed by atoms with E-state index in [2.05, 4.69) is 276 Å². The van der Waals surface area contributed by atoms with Gasteiger partial charge in [-0.2, -0.15) is 0 Å². The molecule has 0 radical (unpaired) electrons. The summed E-state index contributed by atoms with van der Waals surface area (Å²) >= 11 is 0. The molecule has 13 aromatic rings. The predicted molar refractivity (Wildman–Crippen MR) is 288 cm³/mol. The number of rotatable bonds is 8. The Morgan fingerprint density at radius 2 is 0.500 bits per heavy atom. The van der Waals surface area contributed by atoms with Gasteiger partial charge < -0.3 is 9.13 Å². The first kappa shape index (κ1) is 39.4. The lowest BCUT2D eigenvalue weighted by Crippen LogP contribution is -2.00. The molecule has 2 heterocycles. The number of hydrogen-bond donors (Lipinski definition) is 0. The summed E-state index contributed by atoms with van der Waals surface area (Å²) in [6.07, 6.45) is 0. The fourth-order valence-corrected chi connectivity index (χ4v) is 10.5. The van der Waals surface area contributed by atoms with E-state index in [0.717, 1.165) is 22.4 Å². The van der Waals surface area contributed by atoms with Gasteiger partial charge in [-0.05, 0) is 122 Å². The van der Waals surface area contributed by atoms with Gasteiger partial charge in [0.25, 0.3) is 0 Å². The molecule has 13 rings (SSSR count). The number of benzene rings is 11. The zero-order valence-electron chi connectivity index (χ0n) is 37.3. The predicted octanol–water partition coefficient (Wildman–Crippen LogP) is 17.9. The molecule has 11 aromatic carbocycles. The molecule has 0 atom stereocenters. The molecule has 0 spiro atoms. The van der Waals surface area contributed by atoms with E-state index in [-0.39, 0.29) is 0 Å². The van der Waals surface area contributed by atoms with Gasteiger partial charge in [-0.25, -0.2) is 0 Å². The van der Waals surface area contributed by atoms with E-state index >= 15 is 0 Å². The minimum atomic E-state index is 1.10. The monoisotopic (exact) mass is 864 g/mol. The van der Waals surface area contributed by atoms with Crippen molar-refractivity contribution in [2.24, 2.45) is 0 Å². The normalized spacial score (nSPS) is 11.5. The van der Waals surface area contributed by atoms with Crippen LogP contribution in [0.5, 0.6) is 0 Å². The number of aromatic nitrogens is 2. The summed E-state index contributed by atoms with van der Waals surface area (Å²) in [5, 5.41) is 4.86. The second kappa shape index (κ2) is 16.5. The van der Waals surface area contributed by atoms with Crippen molar-refractivity contribution < 1.29 is 0 Å². The fourth-order valence-electron chi connectivity index (χ4n) is 10.5. The highest BCUT2D eigenvalue weighted by Gasteiger charge is 2.23. The van der Waals surface area contributed by atoms with E-state index in [4.69, 9.17) is 0 Å². The van der Waals surface area contributed by atoms with Crippen molar-refractivity contribution in [3.8, 4) is 78.1 Å². The highest BCUT2D eigenvalue weighted by Crippen LogP contribution is 2.45. The summed E-state index contributed by atoms with van der Waals surface area (Å²) < 4.78 is 5.01. The highest BCUT2D eigenvalue weighted by molar-refractivity contribution is 6.18. The van der Waals surface area contributed by atoms with E-state index in [0.29, 0.717) is 0 Å². The summed E-state index contributed by atoms with van der Waals surface area (Å²) in [6.45, 7) is 0. The summed E-state index contributed by atoms with van der Waals surface area (Å²) in [6, 6.07) is 97.6. The van der Waals surface area contributed by atoms with Crippen molar-refractivity contribution in [3.63, 3.8) is 0 Å². The van der Waals surface area contributed by atoms with Crippen LogP contribution in [0, 0.1) is 0 Å². The van der Waals surface area contributed by atoms with Gasteiger partial charge in [0.05, 0.1) is 22.1 Å². The third kappa shape index (κ3) is 6.73. The van der Waals surface area contributed by atoms with Gasteiger partial charge >= 0.3 is 0 Å². The number of hydrogen-bond acceptors (Lipinski definition) is 0. The smallest absolute Gasteiger partial charge is 0.0619 e. The second-order valence-electron chi connectivity index (χ2n) is 17.7. The largest absolute Gasteiger partial charge is 0.309 e. The molecule has 68 heavy (non-hydrogen) atoms. The van der Waals surface area contributed by atoms with Crippen LogP contribution in [-0.4, -0.2) is 9.13 Å². The van der Waals surface area contributed by atoms with Crippen LogP contribution in [0.4, 0.5) is 0 Å². The van der Waals surface area contributed by atoms with Crippen molar-refractivity contribution >= 4 is 43.6 Å². The topological polar surface area (TPSA) is 9.86 Å². The molecule has 0 aliphatic heterocycles. The Kier molecular flexibility index (Phi) is 9.54. The maximum Gasteiger partial charge on any atom is 0.0619 e. The van der Waals surface area contributed by atoms with Gasteiger partial charge in [0, 0.05) is 44.0 Å². The lowest BCUT2D eigenvalue weighted by Gasteiger charge is -2.17. The van der Waals surface area contributed by atoms with E-state index in [1.165, 1.54) is 99.3 Å². The minimum absolute atomic E-state index is 1.10. The van der Waals surface area contributed by atoms with Crippen molar-refractivity contribution in [3.05, 3.63) is 267 Å². The van der Waals surface area contributed by atoms with Gasteiger partial charge in [0.1, 0.15) is 0 Å². The van der Waals surface area contributed by atoms with E-state index in [9.17, 15) is 0 Å². The Bertz CT molecular complexity index is 3700. The van der Waals surface area contributed by atoms with Crippen LogP contribution >= 0.6 is 0 Å². The molecule has 0 unspecified atom stereocenters. The molecular formula is C66H44N2. The van der Waals surface area contributed by atoms with Gasteiger partial charge in [0.2, 0.25) is 0 Å². The van der Waals surface area contributed by atoms with Gasteiger partial charge in [0.15, 0.2) is 0 Å². The molecule has 0 amide bonds. The molecule has 318 valence electrons. The first-order chi connectivity index (χ1) is 33.7. The molecule has 0 aliphatic rings. The van der Waals surface area contributed by atoms with Gasteiger partial charge in [-0.15, -0.1) is 0 Å².